The molecule has 1 aliphatic heterocycles. The molecule has 2 rings (SSSR count). The molecule has 2 atom stereocenters. The second-order valence-corrected chi connectivity index (χ2v) is 5.68. The normalized spacial score (nSPS) is 17.3. The number of carbonyl (C=O) groups excluding carboxylic acids is 1. The number of carbonyl (C=O) groups is 1. The van der Waals surface area contributed by atoms with Crippen LogP contribution >= 0.6 is 0 Å². The van der Waals surface area contributed by atoms with Gasteiger partial charge in [-0.15, -0.1) is 0 Å². The van der Waals surface area contributed by atoms with Gasteiger partial charge in [0.05, 0.1) is 35.8 Å². The third-order valence-corrected chi connectivity index (χ3v) is 4.12. The average Bonchev–Trinajstić information content (AvgIpc) is 2.62. The highest BCUT2D eigenvalue weighted by molar-refractivity contribution is 7.85. The van der Waals surface area contributed by atoms with Gasteiger partial charge in [-0.25, -0.2) is 0 Å². The van der Waals surface area contributed by atoms with Crippen molar-refractivity contribution in [2.24, 2.45) is 11.5 Å². The molecule has 0 aromatic heterocycles. The zero-order valence-electron chi connectivity index (χ0n) is 10.3. The van der Waals surface area contributed by atoms with Gasteiger partial charge in [-0.2, -0.15) is 0 Å². The Morgan fingerprint density at radius 2 is 2.00 bits per heavy atom. The van der Waals surface area contributed by atoms with Crippen molar-refractivity contribution < 1.29 is 18.5 Å². The Hall–Kier alpha value is -1.60. The highest BCUT2D eigenvalue weighted by Crippen LogP contribution is 2.31. The summed E-state index contributed by atoms with van der Waals surface area (Å²) >= 11 is 0. The molecule has 1 amide bonds. The molecule has 0 radical (unpaired) electrons. The second-order valence-electron chi connectivity index (χ2n) is 4.18. The molecule has 0 saturated carbocycles. The minimum absolute atomic E-state index is 0.00498. The van der Waals surface area contributed by atoms with Crippen LogP contribution in [-0.2, 0) is 15.6 Å². The van der Waals surface area contributed by atoms with E-state index in [-0.39, 0.29) is 5.75 Å². The molecule has 0 spiro atoms. The molecule has 6 nitrogen and oxygen atoms in total. The van der Waals surface area contributed by atoms with Crippen LogP contribution in [0, 0.1) is 0 Å². The van der Waals surface area contributed by atoms with E-state index >= 15 is 0 Å². The van der Waals surface area contributed by atoms with E-state index in [0.717, 1.165) is 6.42 Å². The first-order chi connectivity index (χ1) is 9.08. The number of rotatable bonds is 4. The van der Waals surface area contributed by atoms with Crippen molar-refractivity contribution >= 4 is 16.7 Å². The van der Waals surface area contributed by atoms with Gasteiger partial charge in [0.1, 0.15) is 0 Å². The highest BCUT2D eigenvalue weighted by atomic mass is 32.2. The molecule has 104 valence electrons. The Bertz CT molecular complexity index is 507. The Morgan fingerprint density at radius 1 is 1.32 bits per heavy atom. The second kappa shape index (κ2) is 6.03. The monoisotopic (exact) mass is 284 g/mol. The van der Waals surface area contributed by atoms with Crippen LogP contribution in [0.25, 0.3) is 0 Å². The van der Waals surface area contributed by atoms with E-state index in [9.17, 15) is 9.00 Å². The summed E-state index contributed by atoms with van der Waals surface area (Å²) in [7, 11) is -1.40. The van der Waals surface area contributed by atoms with Crippen molar-refractivity contribution in [1.82, 2.24) is 0 Å². The number of ether oxygens (including phenoxy) is 2. The first-order valence-corrected chi connectivity index (χ1v) is 7.23. The van der Waals surface area contributed by atoms with E-state index in [1.807, 2.05) is 0 Å². The Balaban J connectivity index is 2.15. The lowest BCUT2D eigenvalue weighted by Crippen LogP contribution is -2.40. The van der Waals surface area contributed by atoms with Crippen molar-refractivity contribution in [2.45, 2.75) is 17.4 Å². The van der Waals surface area contributed by atoms with Gasteiger partial charge in [-0.05, 0) is 12.1 Å². The molecule has 4 N–H and O–H groups in total. The molecule has 7 heteroatoms. The summed E-state index contributed by atoms with van der Waals surface area (Å²) in [4.78, 5) is 11.4. The van der Waals surface area contributed by atoms with Crippen LogP contribution in [0.1, 0.15) is 6.42 Å². The predicted molar refractivity (Wildman–Crippen MR) is 70.5 cm³/mol. The van der Waals surface area contributed by atoms with Gasteiger partial charge < -0.3 is 20.9 Å². The molecule has 2 unspecified atom stereocenters. The summed E-state index contributed by atoms with van der Waals surface area (Å²) in [5.74, 6) is 0.533. The topological polar surface area (TPSA) is 105 Å². The van der Waals surface area contributed by atoms with Gasteiger partial charge in [-0.3, -0.25) is 9.00 Å². The number of fused-ring (bicyclic) bond motifs is 1. The summed E-state index contributed by atoms with van der Waals surface area (Å²) in [6, 6.07) is 4.13. The Morgan fingerprint density at radius 3 is 2.68 bits per heavy atom. The van der Waals surface area contributed by atoms with Crippen molar-refractivity contribution in [3.05, 3.63) is 18.2 Å². The van der Waals surface area contributed by atoms with Gasteiger partial charge in [0.15, 0.2) is 11.5 Å². The van der Waals surface area contributed by atoms with Crippen LogP contribution in [0.3, 0.4) is 0 Å². The fourth-order valence-corrected chi connectivity index (χ4v) is 2.77. The lowest BCUT2D eigenvalue weighted by Gasteiger charge is -2.10. The zero-order valence-corrected chi connectivity index (χ0v) is 11.2. The van der Waals surface area contributed by atoms with E-state index in [0.29, 0.717) is 29.6 Å². The Kier molecular flexibility index (Phi) is 4.39. The maximum Gasteiger partial charge on any atom is 0.235 e. The smallest absolute Gasteiger partial charge is 0.235 e. The van der Waals surface area contributed by atoms with E-state index in [1.165, 1.54) is 0 Å². The van der Waals surface area contributed by atoms with E-state index < -0.39 is 22.7 Å². The van der Waals surface area contributed by atoms with Crippen LogP contribution in [0.2, 0.25) is 0 Å². The average molecular weight is 284 g/mol. The number of benzene rings is 1. The number of nitrogens with two attached hydrogens (primary N) is 2. The third kappa shape index (κ3) is 3.45. The fraction of sp³-hybridized carbons (Fsp3) is 0.417. The van der Waals surface area contributed by atoms with Crippen LogP contribution in [0.4, 0.5) is 0 Å². The molecule has 1 heterocycles. The summed E-state index contributed by atoms with van der Waals surface area (Å²) in [5.41, 5.74) is 10.5. The largest absolute Gasteiger partial charge is 0.490 e. The lowest BCUT2D eigenvalue weighted by molar-refractivity contribution is -0.118. The van der Waals surface area contributed by atoms with E-state index in [4.69, 9.17) is 20.9 Å². The molecule has 19 heavy (non-hydrogen) atoms. The zero-order chi connectivity index (χ0) is 13.8. The minimum atomic E-state index is -1.40. The van der Waals surface area contributed by atoms with Crippen molar-refractivity contribution in [3.63, 3.8) is 0 Å². The van der Waals surface area contributed by atoms with E-state index in [2.05, 4.69) is 0 Å². The number of primary amides is 1. The summed E-state index contributed by atoms with van der Waals surface area (Å²) in [6.45, 7) is 1.16. The van der Waals surface area contributed by atoms with Crippen LogP contribution in [0.15, 0.2) is 23.1 Å². The van der Waals surface area contributed by atoms with Crippen LogP contribution < -0.4 is 20.9 Å². The molecule has 1 aromatic carbocycles. The number of hydrogen-bond acceptors (Lipinski definition) is 5. The van der Waals surface area contributed by atoms with Crippen molar-refractivity contribution in [2.75, 3.05) is 19.0 Å². The van der Waals surface area contributed by atoms with Gasteiger partial charge >= 0.3 is 0 Å². The SMILES string of the molecule is NC(=O)C(N)CS(=O)c1ccc2c(c1)OCCCO2. The summed E-state index contributed by atoms with van der Waals surface area (Å²) in [5, 5.41) is 0. The predicted octanol–water partition coefficient (Wildman–Crippen LogP) is -0.232. The number of hydrogen-bond donors (Lipinski definition) is 2. The molecule has 0 saturated heterocycles. The van der Waals surface area contributed by atoms with Crippen molar-refractivity contribution in [3.8, 4) is 11.5 Å². The van der Waals surface area contributed by atoms with Gasteiger partial charge in [-0.1, -0.05) is 0 Å². The molecule has 0 fully saturated rings. The summed E-state index contributed by atoms with van der Waals surface area (Å²) < 4.78 is 23.0. The first kappa shape index (κ1) is 13.8. The van der Waals surface area contributed by atoms with Gasteiger partial charge in [0, 0.05) is 17.4 Å². The van der Waals surface area contributed by atoms with E-state index in [1.54, 1.807) is 18.2 Å². The molecule has 1 aromatic rings. The third-order valence-electron chi connectivity index (χ3n) is 2.68. The molecule has 0 aliphatic carbocycles. The molecular formula is C12H16N2O4S. The van der Waals surface area contributed by atoms with Gasteiger partial charge in [0.2, 0.25) is 5.91 Å². The fourth-order valence-electron chi connectivity index (χ4n) is 1.63. The lowest BCUT2D eigenvalue weighted by atomic mass is 10.3. The van der Waals surface area contributed by atoms with Crippen LogP contribution in [-0.4, -0.2) is 35.1 Å². The van der Waals surface area contributed by atoms with Crippen molar-refractivity contribution in [1.29, 1.82) is 0 Å². The molecule has 1 aliphatic rings. The molecule has 0 bridgehead atoms. The highest BCUT2D eigenvalue weighted by Gasteiger charge is 2.17. The van der Waals surface area contributed by atoms with Crippen LogP contribution in [0.5, 0.6) is 11.5 Å². The maximum absolute atomic E-state index is 12.1. The molecular weight excluding hydrogens is 268 g/mol. The standard InChI is InChI=1S/C12H16N2O4S/c13-9(12(14)15)7-19(16)8-2-3-10-11(6-8)18-5-1-4-17-10/h2-3,6,9H,1,4-5,7,13H2,(H2,14,15). The quantitative estimate of drug-likeness (QED) is 0.794. The van der Waals surface area contributed by atoms with Gasteiger partial charge in [0.25, 0.3) is 0 Å². The minimum Gasteiger partial charge on any atom is -0.490 e. The number of amides is 1. The first-order valence-electron chi connectivity index (χ1n) is 5.91. The Labute approximate surface area is 113 Å². The maximum atomic E-state index is 12.1. The summed E-state index contributed by atoms with van der Waals surface area (Å²) in [6.07, 6.45) is 0.805.